The first kappa shape index (κ1) is 15.9. The van der Waals surface area contributed by atoms with Gasteiger partial charge in [0.2, 0.25) is 10.0 Å². The fourth-order valence-electron chi connectivity index (χ4n) is 2.49. The zero-order valence-corrected chi connectivity index (χ0v) is 13.7. The van der Waals surface area contributed by atoms with Crippen molar-refractivity contribution in [2.45, 2.75) is 37.2 Å². The lowest BCUT2D eigenvalue weighted by Gasteiger charge is -2.20. The molecule has 0 amide bonds. The van der Waals surface area contributed by atoms with Gasteiger partial charge in [-0.15, -0.1) is 11.3 Å². The predicted octanol–water partition coefficient (Wildman–Crippen LogP) is 1.23. The molecule has 1 aromatic rings. The van der Waals surface area contributed by atoms with Gasteiger partial charge in [0.1, 0.15) is 0 Å². The zero-order chi connectivity index (χ0) is 14.6. The predicted molar refractivity (Wildman–Crippen MR) is 82.5 cm³/mol. The molecule has 0 spiro atoms. The van der Waals surface area contributed by atoms with Crippen molar-refractivity contribution in [3.8, 4) is 0 Å². The van der Waals surface area contributed by atoms with Gasteiger partial charge in [-0.25, -0.2) is 13.1 Å². The molecule has 0 radical (unpaired) electrons. The Hall–Kier alpha value is -0.470. The molecule has 0 bridgehead atoms. The van der Waals surface area contributed by atoms with Crippen molar-refractivity contribution in [1.29, 1.82) is 0 Å². The van der Waals surface area contributed by atoms with Crippen LogP contribution in [0.5, 0.6) is 0 Å². The average molecular weight is 317 g/mol. The van der Waals surface area contributed by atoms with E-state index in [-0.39, 0.29) is 6.04 Å². The summed E-state index contributed by atoms with van der Waals surface area (Å²) in [4.78, 5) is 3.72. The topological polar surface area (TPSA) is 61.4 Å². The average Bonchev–Trinajstić information content (AvgIpc) is 3.00. The second-order valence-corrected chi connectivity index (χ2v) is 8.02. The molecule has 1 aromatic heterocycles. The summed E-state index contributed by atoms with van der Waals surface area (Å²) in [6, 6.07) is 1.68. The number of nitrogens with zero attached hydrogens (tertiary/aromatic N) is 1. The van der Waals surface area contributed by atoms with E-state index in [1.807, 2.05) is 14.0 Å². The van der Waals surface area contributed by atoms with E-state index in [4.69, 9.17) is 0 Å². The van der Waals surface area contributed by atoms with Crippen molar-refractivity contribution in [2.24, 2.45) is 0 Å². The van der Waals surface area contributed by atoms with E-state index >= 15 is 0 Å². The number of sulfonamides is 1. The maximum Gasteiger partial charge on any atom is 0.241 e. The molecule has 1 aliphatic heterocycles. The molecule has 1 atom stereocenters. The van der Waals surface area contributed by atoms with Gasteiger partial charge in [-0.05, 0) is 46.0 Å². The van der Waals surface area contributed by atoms with Crippen LogP contribution in [0.25, 0.3) is 0 Å². The van der Waals surface area contributed by atoms with Gasteiger partial charge < -0.3 is 10.2 Å². The third kappa shape index (κ3) is 4.26. The molecule has 1 unspecified atom stereocenters. The van der Waals surface area contributed by atoms with Crippen LogP contribution in [0.15, 0.2) is 16.3 Å². The molecular formula is C13H23N3O2S2. The normalized spacial score (nSPS) is 18.5. The fraction of sp³-hybridized carbons (Fsp3) is 0.692. The molecule has 2 rings (SSSR count). The summed E-state index contributed by atoms with van der Waals surface area (Å²) < 4.78 is 27.4. The van der Waals surface area contributed by atoms with Gasteiger partial charge >= 0.3 is 0 Å². The minimum absolute atomic E-state index is 0.0641. The summed E-state index contributed by atoms with van der Waals surface area (Å²) in [7, 11) is -1.54. The number of thiophene rings is 1. The standard InChI is InChI=1S/C13H23N3O2S2/c1-11(9-16-5-3-4-6-16)15-20(17,18)13-7-12(8-14-2)19-10-13/h7,10-11,14-15H,3-6,8-9H2,1-2H3. The van der Waals surface area contributed by atoms with E-state index in [0.717, 1.165) is 24.5 Å². The lowest BCUT2D eigenvalue weighted by Crippen LogP contribution is -2.40. The van der Waals surface area contributed by atoms with Crippen molar-refractivity contribution >= 4 is 21.4 Å². The van der Waals surface area contributed by atoms with Gasteiger partial charge in [0.25, 0.3) is 0 Å². The minimum Gasteiger partial charge on any atom is -0.315 e. The van der Waals surface area contributed by atoms with E-state index < -0.39 is 10.0 Å². The molecule has 5 nitrogen and oxygen atoms in total. The summed E-state index contributed by atoms with van der Waals surface area (Å²) in [5.41, 5.74) is 0. The highest BCUT2D eigenvalue weighted by Crippen LogP contribution is 2.19. The lowest BCUT2D eigenvalue weighted by atomic mass is 10.3. The van der Waals surface area contributed by atoms with E-state index in [2.05, 4.69) is 14.9 Å². The van der Waals surface area contributed by atoms with Crippen molar-refractivity contribution in [3.05, 3.63) is 16.3 Å². The first-order chi connectivity index (χ1) is 9.51. The van der Waals surface area contributed by atoms with Crippen molar-refractivity contribution < 1.29 is 8.42 Å². The Bertz CT molecular complexity index is 521. The highest BCUT2D eigenvalue weighted by Gasteiger charge is 2.21. The Morgan fingerprint density at radius 3 is 2.75 bits per heavy atom. The van der Waals surface area contributed by atoms with Gasteiger partial charge in [0.05, 0.1) is 4.90 Å². The molecule has 2 N–H and O–H groups in total. The maximum absolute atomic E-state index is 12.3. The Labute approximate surface area is 125 Å². The van der Waals surface area contributed by atoms with Crippen LogP contribution in [0.4, 0.5) is 0 Å². The molecule has 0 aromatic carbocycles. The Balaban J connectivity index is 1.94. The number of nitrogens with one attached hydrogen (secondary N) is 2. The van der Waals surface area contributed by atoms with Gasteiger partial charge in [0.15, 0.2) is 0 Å². The summed E-state index contributed by atoms with van der Waals surface area (Å²) in [6.45, 7) is 5.57. The molecule has 0 aliphatic carbocycles. The smallest absolute Gasteiger partial charge is 0.241 e. The number of likely N-dealkylation sites (tertiary alicyclic amines) is 1. The molecule has 1 fully saturated rings. The van der Waals surface area contributed by atoms with Gasteiger partial charge in [-0.1, -0.05) is 0 Å². The summed E-state index contributed by atoms with van der Waals surface area (Å²) in [5, 5.41) is 4.73. The molecule has 1 aliphatic rings. The van der Waals surface area contributed by atoms with E-state index in [9.17, 15) is 8.42 Å². The van der Waals surface area contributed by atoms with Crippen LogP contribution in [0.1, 0.15) is 24.6 Å². The van der Waals surface area contributed by atoms with Crippen molar-refractivity contribution in [2.75, 3.05) is 26.7 Å². The summed E-state index contributed by atoms with van der Waals surface area (Å²) in [6.07, 6.45) is 2.44. The number of hydrogen-bond acceptors (Lipinski definition) is 5. The third-order valence-corrected chi connectivity index (χ3v) is 6.03. The Morgan fingerprint density at radius 1 is 1.40 bits per heavy atom. The second kappa shape index (κ2) is 7.00. The van der Waals surface area contributed by atoms with Crippen LogP contribution in [-0.2, 0) is 16.6 Å². The van der Waals surface area contributed by atoms with Crippen LogP contribution in [0.2, 0.25) is 0 Å². The van der Waals surface area contributed by atoms with Crippen LogP contribution in [0, 0.1) is 0 Å². The molecule has 114 valence electrons. The van der Waals surface area contributed by atoms with Gasteiger partial charge in [0, 0.05) is 29.4 Å². The number of rotatable bonds is 7. The molecule has 0 saturated carbocycles. The van der Waals surface area contributed by atoms with E-state index in [1.54, 1.807) is 11.4 Å². The summed E-state index contributed by atoms with van der Waals surface area (Å²) in [5.74, 6) is 0. The quantitative estimate of drug-likeness (QED) is 0.794. The van der Waals surface area contributed by atoms with E-state index in [1.165, 1.54) is 24.2 Å². The van der Waals surface area contributed by atoms with Crippen LogP contribution in [-0.4, -0.2) is 46.0 Å². The molecule has 2 heterocycles. The third-order valence-electron chi connectivity index (χ3n) is 3.38. The van der Waals surface area contributed by atoms with Gasteiger partial charge in [-0.3, -0.25) is 0 Å². The van der Waals surface area contributed by atoms with Gasteiger partial charge in [-0.2, -0.15) is 0 Å². The lowest BCUT2D eigenvalue weighted by molar-refractivity contribution is 0.313. The van der Waals surface area contributed by atoms with E-state index in [0.29, 0.717) is 11.4 Å². The summed E-state index contributed by atoms with van der Waals surface area (Å²) >= 11 is 1.47. The monoisotopic (exact) mass is 317 g/mol. The first-order valence-electron chi connectivity index (χ1n) is 6.98. The van der Waals surface area contributed by atoms with Crippen LogP contribution >= 0.6 is 11.3 Å². The van der Waals surface area contributed by atoms with Crippen LogP contribution in [0.3, 0.4) is 0 Å². The second-order valence-electron chi connectivity index (χ2n) is 5.31. The van der Waals surface area contributed by atoms with Crippen molar-refractivity contribution in [1.82, 2.24) is 14.9 Å². The molecule has 1 saturated heterocycles. The van der Waals surface area contributed by atoms with Crippen molar-refractivity contribution in [3.63, 3.8) is 0 Å². The molecular weight excluding hydrogens is 294 g/mol. The Kier molecular flexibility index (Phi) is 5.57. The largest absolute Gasteiger partial charge is 0.315 e. The number of hydrogen-bond donors (Lipinski definition) is 2. The minimum atomic E-state index is -3.39. The zero-order valence-electron chi connectivity index (χ0n) is 12.1. The fourth-order valence-corrected chi connectivity index (χ4v) is 5.01. The highest BCUT2D eigenvalue weighted by molar-refractivity contribution is 7.89. The SMILES string of the molecule is CNCc1cc(S(=O)(=O)NC(C)CN2CCCC2)cs1. The first-order valence-corrected chi connectivity index (χ1v) is 9.34. The maximum atomic E-state index is 12.3. The van der Waals surface area contributed by atoms with Crippen LogP contribution < -0.4 is 10.0 Å². The highest BCUT2D eigenvalue weighted by atomic mass is 32.2. The molecule has 7 heteroatoms. The molecule has 20 heavy (non-hydrogen) atoms. The Morgan fingerprint density at radius 2 is 2.10 bits per heavy atom.